The molecule has 1 aromatic carbocycles. The minimum atomic E-state index is 0.253. The lowest BCUT2D eigenvalue weighted by Crippen LogP contribution is -2.32. The molecule has 1 heterocycles. The first-order valence-corrected chi connectivity index (χ1v) is 8.75. The molecule has 21 heavy (non-hydrogen) atoms. The Labute approximate surface area is 128 Å². The average Bonchev–Trinajstić information content (AvgIpc) is 3.18. The molecule has 0 spiro atoms. The van der Waals surface area contributed by atoms with Crippen LogP contribution in [0.25, 0.3) is 10.2 Å². The third kappa shape index (κ3) is 2.46. The number of amides is 1. The van der Waals surface area contributed by atoms with Crippen LogP contribution in [0, 0.1) is 17.8 Å². The SMILES string of the molecule is O=C(NCc1nc2ccccc2s1)[C@H]1CC[C@@H]2CCC[C@@H]21. The summed E-state index contributed by atoms with van der Waals surface area (Å²) in [5.74, 6) is 1.99. The third-order valence-electron chi connectivity index (χ3n) is 5.17. The van der Waals surface area contributed by atoms with E-state index in [1.54, 1.807) is 11.3 Å². The second-order valence-electron chi connectivity index (χ2n) is 6.33. The lowest BCUT2D eigenvalue weighted by molar-refractivity contribution is -0.126. The van der Waals surface area contributed by atoms with Gasteiger partial charge in [-0.25, -0.2) is 4.98 Å². The number of benzene rings is 1. The zero-order valence-electron chi connectivity index (χ0n) is 12.0. The van der Waals surface area contributed by atoms with Crippen LogP contribution < -0.4 is 5.32 Å². The maximum Gasteiger partial charge on any atom is 0.223 e. The molecular formula is C17H20N2OS. The third-order valence-corrected chi connectivity index (χ3v) is 6.21. The Kier molecular flexibility index (Phi) is 3.42. The maximum atomic E-state index is 12.4. The molecule has 0 radical (unpaired) electrons. The Morgan fingerprint density at radius 3 is 3.05 bits per heavy atom. The number of carbonyl (C=O) groups excluding carboxylic acids is 1. The van der Waals surface area contributed by atoms with Gasteiger partial charge in [-0.3, -0.25) is 4.79 Å². The highest BCUT2D eigenvalue weighted by Gasteiger charge is 2.42. The fraction of sp³-hybridized carbons (Fsp3) is 0.529. The van der Waals surface area contributed by atoms with Gasteiger partial charge in [0.1, 0.15) is 5.01 Å². The van der Waals surface area contributed by atoms with Crippen LogP contribution in [0.3, 0.4) is 0 Å². The number of aromatic nitrogens is 1. The van der Waals surface area contributed by atoms with Crippen LogP contribution in [-0.2, 0) is 11.3 Å². The van der Waals surface area contributed by atoms with Crippen molar-refractivity contribution < 1.29 is 4.79 Å². The molecule has 2 aliphatic carbocycles. The summed E-state index contributed by atoms with van der Waals surface area (Å²) in [5.41, 5.74) is 1.03. The Bertz CT molecular complexity index is 633. The summed E-state index contributed by atoms with van der Waals surface area (Å²) in [6.07, 6.45) is 6.25. The molecule has 0 unspecified atom stereocenters. The smallest absolute Gasteiger partial charge is 0.223 e. The van der Waals surface area contributed by atoms with Crippen molar-refractivity contribution in [2.45, 2.75) is 38.6 Å². The zero-order chi connectivity index (χ0) is 14.2. The predicted octanol–water partition coefficient (Wildman–Crippen LogP) is 3.74. The van der Waals surface area contributed by atoms with Crippen LogP contribution in [0.4, 0.5) is 0 Å². The van der Waals surface area contributed by atoms with Gasteiger partial charge in [-0.2, -0.15) is 0 Å². The number of nitrogens with one attached hydrogen (secondary N) is 1. The fourth-order valence-corrected chi connectivity index (χ4v) is 5.08. The van der Waals surface area contributed by atoms with Crippen LogP contribution in [0.1, 0.15) is 37.1 Å². The summed E-state index contributed by atoms with van der Waals surface area (Å²) in [4.78, 5) is 17.0. The molecule has 1 amide bonds. The molecular weight excluding hydrogens is 280 g/mol. The second-order valence-corrected chi connectivity index (χ2v) is 7.45. The highest BCUT2D eigenvalue weighted by Crippen LogP contribution is 2.47. The van der Waals surface area contributed by atoms with Crippen molar-refractivity contribution in [2.24, 2.45) is 17.8 Å². The molecule has 0 saturated heterocycles. The highest BCUT2D eigenvalue weighted by atomic mass is 32.1. The first-order chi connectivity index (χ1) is 10.3. The predicted molar refractivity (Wildman–Crippen MR) is 85.0 cm³/mol. The van der Waals surface area contributed by atoms with Gasteiger partial charge in [-0.15, -0.1) is 11.3 Å². The lowest BCUT2D eigenvalue weighted by atomic mass is 9.91. The van der Waals surface area contributed by atoms with E-state index >= 15 is 0 Å². The van der Waals surface area contributed by atoms with Crippen molar-refractivity contribution >= 4 is 27.5 Å². The summed E-state index contributed by atoms with van der Waals surface area (Å²) in [5, 5.41) is 4.13. The molecule has 0 aliphatic heterocycles. The van der Waals surface area contributed by atoms with Gasteiger partial charge in [-0.05, 0) is 43.2 Å². The normalized spacial score (nSPS) is 27.9. The van der Waals surface area contributed by atoms with Crippen LogP contribution in [0.5, 0.6) is 0 Å². The van der Waals surface area contributed by atoms with Gasteiger partial charge in [-0.1, -0.05) is 25.0 Å². The summed E-state index contributed by atoms with van der Waals surface area (Å²) in [6, 6.07) is 8.14. The van der Waals surface area contributed by atoms with Crippen molar-refractivity contribution in [1.29, 1.82) is 0 Å². The minimum Gasteiger partial charge on any atom is -0.349 e. The highest BCUT2D eigenvalue weighted by molar-refractivity contribution is 7.18. The van der Waals surface area contributed by atoms with E-state index < -0.39 is 0 Å². The van der Waals surface area contributed by atoms with E-state index in [-0.39, 0.29) is 11.8 Å². The Hall–Kier alpha value is -1.42. The summed E-state index contributed by atoms with van der Waals surface area (Å²) in [7, 11) is 0. The quantitative estimate of drug-likeness (QED) is 0.938. The van der Waals surface area contributed by atoms with Gasteiger partial charge < -0.3 is 5.32 Å². The number of fused-ring (bicyclic) bond motifs is 2. The van der Waals surface area contributed by atoms with E-state index in [0.29, 0.717) is 12.5 Å². The zero-order valence-corrected chi connectivity index (χ0v) is 12.9. The van der Waals surface area contributed by atoms with Crippen LogP contribution >= 0.6 is 11.3 Å². The van der Waals surface area contributed by atoms with E-state index in [0.717, 1.165) is 22.9 Å². The Morgan fingerprint density at radius 1 is 1.24 bits per heavy atom. The van der Waals surface area contributed by atoms with Crippen molar-refractivity contribution in [2.75, 3.05) is 0 Å². The molecule has 4 rings (SSSR count). The van der Waals surface area contributed by atoms with E-state index in [9.17, 15) is 4.79 Å². The number of rotatable bonds is 3. The largest absolute Gasteiger partial charge is 0.349 e. The van der Waals surface area contributed by atoms with Gasteiger partial charge in [0.25, 0.3) is 0 Å². The van der Waals surface area contributed by atoms with E-state index in [4.69, 9.17) is 0 Å². The molecule has 2 fully saturated rings. The summed E-state index contributed by atoms with van der Waals surface area (Å²) in [6.45, 7) is 0.575. The number of thiazole rings is 1. The number of nitrogens with zero attached hydrogens (tertiary/aromatic N) is 1. The van der Waals surface area contributed by atoms with Crippen molar-refractivity contribution in [1.82, 2.24) is 10.3 Å². The van der Waals surface area contributed by atoms with Gasteiger partial charge in [0.2, 0.25) is 5.91 Å². The topological polar surface area (TPSA) is 42.0 Å². The molecule has 1 aromatic heterocycles. The first kappa shape index (κ1) is 13.3. The number of carbonyl (C=O) groups is 1. The molecule has 1 N–H and O–H groups in total. The van der Waals surface area contributed by atoms with Crippen LogP contribution in [0.2, 0.25) is 0 Å². The molecule has 2 saturated carbocycles. The Balaban J connectivity index is 1.41. The number of para-hydroxylation sites is 1. The van der Waals surface area contributed by atoms with Gasteiger partial charge in [0.05, 0.1) is 16.8 Å². The van der Waals surface area contributed by atoms with Crippen molar-refractivity contribution in [3.63, 3.8) is 0 Å². The van der Waals surface area contributed by atoms with Crippen LogP contribution in [0.15, 0.2) is 24.3 Å². The standard InChI is InChI=1S/C17H20N2OS/c20-17(13-9-8-11-4-3-5-12(11)13)18-10-16-19-14-6-1-2-7-15(14)21-16/h1-2,6-7,11-13H,3-5,8-10H2,(H,18,20)/t11-,12-,13-/m0/s1. The molecule has 2 aromatic rings. The van der Waals surface area contributed by atoms with Gasteiger partial charge >= 0.3 is 0 Å². The average molecular weight is 300 g/mol. The minimum absolute atomic E-state index is 0.253. The van der Waals surface area contributed by atoms with Crippen molar-refractivity contribution in [3.05, 3.63) is 29.3 Å². The molecule has 2 aliphatic rings. The van der Waals surface area contributed by atoms with Gasteiger partial charge in [0.15, 0.2) is 0 Å². The van der Waals surface area contributed by atoms with E-state index in [1.165, 1.54) is 30.4 Å². The summed E-state index contributed by atoms with van der Waals surface area (Å²) >= 11 is 1.68. The van der Waals surface area contributed by atoms with E-state index in [2.05, 4.69) is 16.4 Å². The van der Waals surface area contributed by atoms with Gasteiger partial charge in [0, 0.05) is 5.92 Å². The molecule has 4 heteroatoms. The fourth-order valence-electron chi connectivity index (χ4n) is 4.18. The molecule has 3 nitrogen and oxygen atoms in total. The maximum absolute atomic E-state index is 12.4. The Morgan fingerprint density at radius 2 is 2.14 bits per heavy atom. The van der Waals surface area contributed by atoms with E-state index in [1.807, 2.05) is 18.2 Å². The second kappa shape index (κ2) is 5.41. The molecule has 110 valence electrons. The molecule has 0 bridgehead atoms. The molecule has 3 atom stereocenters. The summed E-state index contributed by atoms with van der Waals surface area (Å²) < 4.78 is 1.19. The van der Waals surface area contributed by atoms with Crippen molar-refractivity contribution in [3.8, 4) is 0 Å². The van der Waals surface area contributed by atoms with Crippen LogP contribution in [-0.4, -0.2) is 10.9 Å². The number of hydrogen-bond donors (Lipinski definition) is 1. The lowest BCUT2D eigenvalue weighted by Gasteiger charge is -2.17. The number of hydrogen-bond acceptors (Lipinski definition) is 3. The monoisotopic (exact) mass is 300 g/mol. The first-order valence-electron chi connectivity index (χ1n) is 7.93.